The summed E-state index contributed by atoms with van der Waals surface area (Å²) in [7, 11) is 3.24. The summed E-state index contributed by atoms with van der Waals surface area (Å²) in [5.74, 6) is -0.831. The average Bonchev–Trinajstić information content (AvgIpc) is 3.19. The second-order valence-corrected chi connectivity index (χ2v) is 7.45. The fourth-order valence-electron chi connectivity index (χ4n) is 2.99. The second-order valence-electron chi connectivity index (χ2n) is 6.41. The Morgan fingerprint density at radius 1 is 1.18 bits per heavy atom. The van der Waals surface area contributed by atoms with Gasteiger partial charge in [0.1, 0.15) is 0 Å². The number of hydrogen-bond acceptors (Lipinski definition) is 6. The largest absolute Gasteiger partial charge is 0.452 e. The molecule has 2 heterocycles. The number of hydrogen-bond donors (Lipinski definition) is 0. The number of nitrogens with zero attached hydrogens (tertiary/aromatic N) is 2. The number of pyridine rings is 1. The molecule has 0 N–H and O–H groups in total. The number of benzene rings is 1. The average molecular weight is 398 g/mol. The second kappa shape index (κ2) is 8.95. The third-order valence-corrected chi connectivity index (χ3v) is 5.30. The third kappa shape index (κ3) is 4.37. The van der Waals surface area contributed by atoms with Gasteiger partial charge in [-0.05, 0) is 30.0 Å². The molecule has 3 aromatic rings. The van der Waals surface area contributed by atoms with Crippen LogP contribution in [0.1, 0.15) is 26.5 Å². The predicted molar refractivity (Wildman–Crippen MR) is 108 cm³/mol. The Kier molecular flexibility index (Phi) is 6.38. The molecule has 3 rings (SSSR count). The number of aromatic nitrogens is 1. The Hall–Kier alpha value is -2.77. The topological polar surface area (TPSA) is 68.7 Å². The minimum absolute atomic E-state index is 0.183. The molecule has 0 atom stereocenters. The molecule has 0 saturated heterocycles. The highest BCUT2D eigenvalue weighted by molar-refractivity contribution is 7.09. The van der Waals surface area contributed by atoms with Crippen LogP contribution in [-0.2, 0) is 27.4 Å². The molecule has 7 heteroatoms. The number of rotatable bonds is 7. The van der Waals surface area contributed by atoms with Crippen LogP contribution < -0.4 is 0 Å². The number of carbonyl (C=O) groups excluding carboxylic acids is 2. The number of thiophene rings is 1. The first kappa shape index (κ1) is 20.0. The number of aryl methyl sites for hydroxylation is 1. The first-order valence-electron chi connectivity index (χ1n) is 8.82. The molecule has 0 unspecified atom stereocenters. The van der Waals surface area contributed by atoms with Gasteiger partial charge in [0, 0.05) is 24.4 Å². The lowest BCUT2D eigenvalue weighted by Gasteiger charge is -2.17. The van der Waals surface area contributed by atoms with Crippen molar-refractivity contribution < 1.29 is 19.1 Å². The molecule has 0 spiro atoms. The van der Waals surface area contributed by atoms with Crippen molar-refractivity contribution in [1.82, 2.24) is 9.88 Å². The smallest absolute Gasteiger partial charge is 0.340 e. The number of fused-ring (bicyclic) bond motifs is 1. The molecule has 1 amide bonds. The third-order valence-electron chi connectivity index (χ3n) is 4.44. The molecule has 0 aliphatic heterocycles. The van der Waals surface area contributed by atoms with Crippen LogP contribution in [0.5, 0.6) is 0 Å². The van der Waals surface area contributed by atoms with E-state index in [4.69, 9.17) is 9.47 Å². The molecule has 1 aromatic carbocycles. The van der Waals surface area contributed by atoms with Gasteiger partial charge in [0.25, 0.3) is 5.91 Å². The first-order valence-corrected chi connectivity index (χ1v) is 9.70. The van der Waals surface area contributed by atoms with E-state index in [9.17, 15) is 9.59 Å². The van der Waals surface area contributed by atoms with Crippen LogP contribution in [-0.4, -0.2) is 42.5 Å². The molecule has 2 aromatic heterocycles. The highest BCUT2D eigenvalue weighted by Crippen LogP contribution is 2.24. The number of carbonyl (C=O) groups is 2. The van der Waals surface area contributed by atoms with Crippen molar-refractivity contribution in [3.8, 4) is 0 Å². The van der Waals surface area contributed by atoms with Gasteiger partial charge in [0.05, 0.1) is 29.9 Å². The number of amides is 1. The summed E-state index contributed by atoms with van der Waals surface area (Å²) >= 11 is 1.58. The van der Waals surface area contributed by atoms with Crippen LogP contribution in [0.25, 0.3) is 10.9 Å². The van der Waals surface area contributed by atoms with Crippen LogP contribution >= 0.6 is 11.3 Å². The van der Waals surface area contributed by atoms with Crippen molar-refractivity contribution in [3.05, 3.63) is 63.5 Å². The zero-order valence-corrected chi connectivity index (χ0v) is 16.9. The fourth-order valence-corrected chi connectivity index (χ4v) is 3.74. The van der Waals surface area contributed by atoms with E-state index in [0.717, 1.165) is 21.3 Å². The molecule has 28 heavy (non-hydrogen) atoms. The van der Waals surface area contributed by atoms with Gasteiger partial charge < -0.3 is 14.4 Å². The SMILES string of the molecule is COCc1nc2ccccc2c(C)c1C(=O)OCC(=O)N(C)Cc1cccs1. The molecule has 146 valence electrons. The fraction of sp³-hybridized carbons (Fsp3) is 0.286. The van der Waals surface area contributed by atoms with E-state index >= 15 is 0 Å². The van der Waals surface area contributed by atoms with Crippen LogP contribution in [0.3, 0.4) is 0 Å². The van der Waals surface area contributed by atoms with Crippen molar-refractivity contribution in [1.29, 1.82) is 0 Å². The van der Waals surface area contributed by atoms with Crippen LogP contribution in [0.2, 0.25) is 0 Å². The maximum absolute atomic E-state index is 12.8. The lowest BCUT2D eigenvalue weighted by Crippen LogP contribution is -2.30. The zero-order valence-electron chi connectivity index (χ0n) is 16.1. The van der Waals surface area contributed by atoms with Crippen molar-refractivity contribution in [2.24, 2.45) is 0 Å². The normalized spacial score (nSPS) is 10.8. The zero-order chi connectivity index (χ0) is 20.1. The van der Waals surface area contributed by atoms with E-state index in [1.165, 1.54) is 0 Å². The minimum Gasteiger partial charge on any atom is -0.452 e. The van der Waals surface area contributed by atoms with Gasteiger partial charge in [0.2, 0.25) is 0 Å². The Bertz CT molecular complexity index is 985. The summed E-state index contributed by atoms with van der Waals surface area (Å²) in [5, 5.41) is 2.83. The van der Waals surface area contributed by atoms with E-state index in [0.29, 0.717) is 17.8 Å². The summed E-state index contributed by atoms with van der Waals surface area (Å²) in [6.07, 6.45) is 0. The van der Waals surface area contributed by atoms with Gasteiger partial charge >= 0.3 is 5.97 Å². The highest BCUT2D eigenvalue weighted by Gasteiger charge is 2.21. The number of methoxy groups -OCH3 is 1. The standard InChI is InChI=1S/C21H22N2O4S/c1-14-16-8-4-5-9-17(16)22-18(12-26-3)20(14)21(25)27-13-19(24)23(2)11-15-7-6-10-28-15/h4-10H,11-13H2,1-3H3. The van der Waals surface area contributed by atoms with Gasteiger partial charge in [-0.1, -0.05) is 24.3 Å². The molecule has 0 bridgehead atoms. The van der Waals surface area contributed by atoms with Gasteiger partial charge in [-0.15, -0.1) is 11.3 Å². The Labute approximate surface area is 167 Å². The highest BCUT2D eigenvalue weighted by atomic mass is 32.1. The molecule has 0 aliphatic rings. The van der Waals surface area contributed by atoms with E-state index in [-0.39, 0.29) is 19.1 Å². The summed E-state index contributed by atoms with van der Waals surface area (Å²) in [4.78, 5) is 32.2. The van der Waals surface area contributed by atoms with E-state index < -0.39 is 5.97 Å². The summed E-state index contributed by atoms with van der Waals surface area (Å²) in [5.41, 5.74) is 2.41. The van der Waals surface area contributed by atoms with Gasteiger partial charge in [-0.25, -0.2) is 9.78 Å². The Balaban J connectivity index is 1.76. The summed E-state index contributed by atoms with van der Waals surface area (Å²) in [6, 6.07) is 11.5. The van der Waals surface area contributed by atoms with Gasteiger partial charge in [0.15, 0.2) is 6.61 Å². The van der Waals surface area contributed by atoms with Crippen molar-refractivity contribution in [3.63, 3.8) is 0 Å². The quantitative estimate of drug-likeness (QED) is 0.569. The lowest BCUT2D eigenvalue weighted by molar-refractivity contribution is -0.133. The van der Waals surface area contributed by atoms with Crippen molar-refractivity contribution in [2.75, 3.05) is 20.8 Å². The Morgan fingerprint density at radius 3 is 2.68 bits per heavy atom. The van der Waals surface area contributed by atoms with Crippen molar-refractivity contribution >= 4 is 34.1 Å². The maximum atomic E-state index is 12.8. The molecule has 0 radical (unpaired) electrons. The molecular weight excluding hydrogens is 376 g/mol. The maximum Gasteiger partial charge on any atom is 0.340 e. The molecule has 0 aliphatic carbocycles. The summed E-state index contributed by atoms with van der Waals surface area (Å²) < 4.78 is 10.5. The van der Waals surface area contributed by atoms with E-state index in [1.807, 2.05) is 48.7 Å². The first-order chi connectivity index (χ1) is 13.5. The molecule has 0 saturated carbocycles. The number of para-hydroxylation sites is 1. The molecular formula is C21H22N2O4S. The van der Waals surface area contributed by atoms with E-state index in [2.05, 4.69) is 4.98 Å². The number of ether oxygens (including phenoxy) is 2. The minimum atomic E-state index is -0.569. The van der Waals surface area contributed by atoms with Gasteiger partial charge in [-0.2, -0.15) is 0 Å². The number of esters is 1. The lowest BCUT2D eigenvalue weighted by atomic mass is 10.0. The predicted octanol–water partition coefficient (Wildman–Crippen LogP) is 3.57. The molecule has 0 fully saturated rings. The molecule has 6 nitrogen and oxygen atoms in total. The Morgan fingerprint density at radius 2 is 1.96 bits per heavy atom. The van der Waals surface area contributed by atoms with Crippen LogP contribution in [0.15, 0.2) is 41.8 Å². The monoisotopic (exact) mass is 398 g/mol. The van der Waals surface area contributed by atoms with Crippen LogP contribution in [0.4, 0.5) is 0 Å². The van der Waals surface area contributed by atoms with Crippen molar-refractivity contribution in [2.45, 2.75) is 20.1 Å². The van der Waals surface area contributed by atoms with E-state index in [1.54, 1.807) is 30.4 Å². The number of likely N-dealkylation sites (N-methyl/N-ethyl adjacent to an activating group) is 1. The van der Waals surface area contributed by atoms with Crippen LogP contribution in [0, 0.1) is 6.92 Å². The van der Waals surface area contributed by atoms with Gasteiger partial charge in [-0.3, -0.25) is 4.79 Å². The summed E-state index contributed by atoms with van der Waals surface area (Å²) in [6.45, 7) is 2.20.